The maximum atomic E-state index is 11.9. The highest BCUT2D eigenvalue weighted by atomic mass is 16.5. The second kappa shape index (κ2) is 7.60. The molecule has 3 aromatic rings. The smallest absolute Gasteiger partial charge is 0.251 e. The van der Waals surface area contributed by atoms with Gasteiger partial charge in [-0.05, 0) is 6.07 Å². The molecule has 3 atom stereocenters. The minimum Gasteiger partial charge on any atom is -0.495 e. The highest BCUT2D eigenvalue weighted by molar-refractivity contribution is 5.85. The molecule has 1 aliphatic heterocycles. The van der Waals surface area contributed by atoms with Crippen LogP contribution in [0.3, 0.4) is 0 Å². The number of hydrogen-bond acceptors (Lipinski definition) is 9. The summed E-state index contributed by atoms with van der Waals surface area (Å²) in [6.07, 6.45) is 2.57. The number of carbonyl (C=O) groups is 1. The number of anilines is 1. The van der Waals surface area contributed by atoms with E-state index >= 15 is 0 Å². The van der Waals surface area contributed by atoms with Crippen LogP contribution >= 0.6 is 0 Å². The molecule has 0 bridgehead atoms. The molecule has 11 nitrogen and oxygen atoms in total. The molecule has 0 saturated carbocycles. The minimum atomic E-state index is -0.949. The van der Waals surface area contributed by atoms with Gasteiger partial charge in [-0.3, -0.25) is 14.3 Å². The number of ether oxygens (including phenoxy) is 2. The maximum Gasteiger partial charge on any atom is 0.251 e. The number of nitrogens with one attached hydrogen (secondary N) is 2. The van der Waals surface area contributed by atoms with Gasteiger partial charge in [-0.15, -0.1) is 0 Å². The summed E-state index contributed by atoms with van der Waals surface area (Å²) >= 11 is 0. The van der Waals surface area contributed by atoms with Gasteiger partial charge >= 0.3 is 0 Å². The number of rotatable bonds is 5. The molecule has 4 rings (SSSR count). The van der Waals surface area contributed by atoms with Gasteiger partial charge in [-0.2, -0.15) is 0 Å². The van der Waals surface area contributed by atoms with Gasteiger partial charge in [0.2, 0.25) is 0 Å². The molecule has 152 valence electrons. The number of likely N-dealkylation sites (N-methyl/N-ethyl adjacent to an activating group) is 1. The lowest BCUT2D eigenvalue weighted by atomic mass is 10.1. The van der Waals surface area contributed by atoms with Gasteiger partial charge in [0.05, 0.1) is 25.7 Å². The Bertz CT molecular complexity index is 1050. The van der Waals surface area contributed by atoms with Crippen molar-refractivity contribution in [3.8, 4) is 17.1 Å². The molecule has 0 unspecified atom stereocenters. The highest BCUT2D eigenvalue weighted by Gasteiger charge is 2.40. The Kier molecular flexibility index (Phi) is 4.99. The van der Waals surface area contributed by atoms with Crippen molar-refractivity contribution in [1.29, 1.82) is 0 Å². The van der Waals surface area contributed by atoms with E-state index in [0.29, 0.717) is 34.1 Å². The molecule has 3 N–H and O–H groups in total. The van der Waals surface area contributed by atoms with Crippen LogP contribution in [0.2, 0.25) is 0 Å². The number of amides is 1. The average Bonchev–Trinajstić information content (AvgIpc) is 3.35. The van der Waals surface area contributed by atoms with Gasteiger partial charge in [-0.25, -0.2) is 15.0 Å². The molecule has 29 heavy (non-hydrogen) atoms. The Hall–Kier alpha value is -3.31. The number of methoxy groups -OCH3 is 1. The van der Waals surface area contributed by atoms with Crippen LogP contribution in [0.5, 0.6) is 5.75 Å². The fourth-order valence-corrected chi connectivity index (χ4v) is 3.29. The van der Waals surface area contributed by atoms with E-state index in [1.807, 2.05) is 0 Å². The summed E-state index contributed by atoms with van der Waals surface area (Å²) in [6, 6.07) is 1.78. The molecule has 1 saturated heterocycles. The van der Waals surface area contributed by atoms with E-state index in [1.54, 1.807) is 43.5 Å². The number of fused-ring (bicyclic) bond motifs is 1. The molecule has 0 aromatic carbocycles. The average molecular weight is 399 g/mol. The third-order valence-electron chi connectivity index (χ3n) is 4.78. The molecule has 4 heterocycles. The van der Waals surface area contributed by atoms with E-state index in [1.165, 1.54) is 7.05 Å². The van der Waals surface area contributed by atoms with Crippen molar-refractivity contribution in [2.75, 3.05) is 26.5 Å². The number of aromatic nitrogens is 5. The second-order valence-electron chi connectivity index (χ2n) is 6.51. The third-order valence-corrected chi connectivity index (χ3v) is 4.78. The summed E-state index contributed by atoms with van der Waals surface area (Å²) < 4.78 is 12.7. The van der Waals surface area contributed by atoms with Crippen molar-refractivity contribution in [3.63, 3.8) is 0 Å². The highest BCUT2D eigenvalue weighted by Crippen LogP contribution is 2.33. The van der Waals surface area contributed by atoms with E-state index < -0.39 is 18.4 Å². The predicted octanol–water partition coefficient (Wildman–Crippen LogP) is 0.333. The lowest BCUT2D eigenvalue weighted by molar-refractivity contribution is -0.137. The summed E-state index contributed by atoms with van der Waals surface area (Å²) in [5.41, 5.74) is 1.73. The lowest BCUT2D eigenvalue weighted by Gasteiger charge is -2.15. The molecule has 0 aliphatic carbocycles. The van der Waals surface area contributed by atoms with Gasteiger partial charge in [0, 0.05) is 32.3 Å². The zero-order chi connectivity index (χ0) is 20.5. The molecule has 0 spiro atoms. The van der Waals surface area contributed by atoms with Crippen LogP contribution < -0.4 is 15.4 Å². The topological polar surface area (TPSA) is 136 Å². The number of nitrogens with zero attached hydrogens (tertiary/aromatic N) is 5. The van der Waals surface area contributed by atoms with Gasteiger partial charge in [-0.1, -0.05) is 0 Å². The maximum absolute atomic E-state index is 11.9. The Morgan fingerprint density at radius 3 is 2.90 bits per heavy atom. The summed E-state index contributed by atoms with van der Waals surface area (Å²) in [5, 5.41) is 15.8. The van der Waals surface area contributed by atoms with Crippen LogP contribution in [0.4, 0.5) is 5.82 Å². The molecular formula is C18H21N7O4. The Balaban J connectivity index is 1.78. The number of imidazole rings is 1. The first kappa shape index (κ1) is 19.0. The van der Waals surface area contributed by atoms with E-state index in [9.17, 15) is 9.90 Å². The summed E-state index contributed by atoms with van der Waals surface area (Å²) in [7, 11) is 4.80. The van der Waals surface area contributed by atoms with Gasteiger partial charge < -0.3 is 25.2 Å². The quantitative estimate of drug-likeness (QED) is 0.554. The molecule has 1 amide bonds. The van der Waals surface area contributed by atoms with E-state index in [2.05, 4.69) is 30.6 Å². The third kappa shape index (κ3) is 3.34. The molecule has 3 aromatic heterocycles. The molecule has 11 heteroatoms. The molecular weight excluding hydrogens is 378 g/mol. The van der Waals surface area contributed by atoms with Crippen LogP contribution in [-0.2, 0) is 9.53 Å². The Morgan fingerprint density at radius 2 is 2.17 bits per heavy atom. The van der Waals surface area contributed by atoms with E-state index in [4.69, 9.17) is 9.47 Å². The van der Waals surface area contributed by atoms with Crippen LogP contribution in [0, 0.1) is 0 Å². The molecule has 1 aliphatic rings. The fourth-order valence-electron chi connectivity index (χ4n) is 3.29. The zero-order valence-corrected chi connectivity index (χ0v) is 16.2. The summed E-state index contributed by atoms with van der Waals surface area (Å²) in [4.78, 5) is 29.6. The fraction of sp³-hybridized carbons (Fsp3) is 0.389. The normalized spacial score (nSPS) is 21.3. The summed E-state index contributed by atoms with van der Waals surface area (Å²) in [5.74, 6) is 1.17. The van der Waals surface area contributed by atoms with Gasteiger partial charge in [0.15, 0.2) is 28.9 Å². The SMILES string of the molecule is CNC(=O)[C@H]1O[C@@H](n2cnc3c(NC)nc(-c4cncc(OC)c4)nc32)C[C@@H]1O. The van der Waals surface area contributed by atoms with Crippen molar-refractivity contribution in [3.05, 3.63) is 24.8 Å². The van der Waals surface area contributed by atoms with Gasteiger partial charge in [0.1, 0.15) is 12.0 Å². The Morgan fingerprint density at radius 1 is 1.34 bits per heavy atom. The number of aliphatic hydroxyl groups is 1. The first-order chi connectivity index (χ1) is 14.0. The second-order valence-corrected chi connectivity index (χ2v) is 6.51. The number of carbonyl (C=O) groups excluding carboxylic acids is 1. The van der Waals surface area contributed by atoms with Crippen molar-refractivity contribution in [2.45, 2.75) is 24.9 Å². The number of hydrogen-bond donors (Lipinski definition) is 3. The van der Waals surface area contributed by atoms with Crippen LogP contribution in [-0.4, -0.2) is 68.9 Å². The largest absolute Gasteiger partial charge is 0.495 e. The lowest BCUT2D eigenvalue weighted by Crippen LogP contribution is -2.38. The first-order valence-electron chi connectivity index (χ1n) is 9.02. The van der Waals surface area contributed by atoms with Crippen molar-refractivity contribution >= 4 is 22.9 Å². The van der Waals surface area contributed by atoms with Crippen LogP contribution in [0.25, 0.3) is 22.6 Å². The van der Waals surface area contributed by atoms with Crippen molar-refractivity contribution < 1.29 is 19.4 Å². The van der Waals surface area contributed by atoms with E-state index in [-0.39, 0.29) is 12.3 Å². The minimum absolute atomic E-state index is 0.235. The molecule has 1 fully saturated rings. The van der Waals surface area contributed by atoms with E-state index in [0.717, 1.165) is 0 Å². The molecule has 0 radical (unpaired) electrons. The zero-order valence-electron chi connectivity index (χ0n) is 16.2. The van der Waals surface area contributed by atoms with Crippen LogP contribution in [0.15, 0.2) is 24.8 Å². The first-order valence-corrected chi connectivity index (χ1v) is 9.02. The standard InChI is InChI=1S/C18H21N7O4/c1-19-16-13-17(24-15(23-16)9-4-10(28-3)7-21-6-9)25(8-22-13)12-5-11(26)14(29-12)18(27)20-2/h4,6-8,11-12,14,26H,5H2,1-3H3,(H,20,27)(H,19,23,24)/t11-,12+,14-/m0/s1. The number of aliphatic hydroxyl groups excluding tert-OH is 1. The van der Waals surface area contributed by atoms with Gasteiger partial charge in [0.25, 0.3) is 5.91 Å². The van der Waals surface area contributed by atoms with Crippen molar-refractivity contribution in [1.82, 2.24) is 29.8 Å². The number of pyridine rings is 1. The summed E-state index contributed by atoms with van der Waals surface area (Å²) in [6.45, 7) is 0. The van der Waals surface area contributed by atoms with Crippen LogP contribution in [0.1, 0.15) is 12.6 Å². The Labute approximate surface area is 166 Å². The van der Waals surface area contributed by atoms with Crippen molar-refractivity contribution in [2.24, 2.45) is 0 Å². The monoisotopic (exact) mass is 399 g/mol. The predicted molar refractivity (Wildman–Crippen MR) is 103 cm³/mol.